The van der Waals surface area contributed by atoms with Gasteiger partial charge in [-0.05, 0) is 55.4 Å². The summed E-state index contributed by atoms with van der Waals surface area (Å²) in [6.07, 6.45) is 2.90. The number of nitrogens with one attached hydrogen (secondary N) is 1. The molecule has 27 heavy (non-hydrogen) atoms. The molecule has 1 saturated heterocycles. The van der Waals surface area contributed by atoms with Crippen molar-refractivity contribution in [2.24, 2.45) is 23.7 Å². The fourth-order valence-electron chi connectivity index (χ4n) is 4.68. The van der Waals surface area contributed by atoms with E-state index in [9.17, 15) is 19.2 Å². The molecule has 4 atom stereocenters. The van der Waals surface area contributed by atoms with Gasteiger partial charge < -0.3 is 10.1 Å². The number of anilines is 1. The largest absolute Gasteiger partial charge is 0.454 e. The number of benzene rings is 1. The van der Waals surface area contributed by atoms with Crippen molar-refractivity contribution in [1.29, 1.82) is 0 Å². The zero-order valence-electron chi connectivity index (χ0n) is 14.5. The minimum Gasteiger partial charge on any atom is -0.454 e. The van der Waals surface area contributed by atoms with Crippen LogP contribution in [0.3, 0.4) is 0 Å². The summed E-state index contributed by atoms with van der Waals surface area (Å²) < 4.78 is 4.93. The highest BCUT2D eigenvalue weighted by Gasteiger charge is 2.61. The Morgan fingerprint density at radius 1 is 1.07 bits per heavy atom. The van der Waals surface area contributed by atoms with Crippen LogP contribution in [0.5, 0.6) is 0 Å². The highest BCUT2D eigenvalue weighted by molar-refractivity contribution is 6.30. The molecule has 142 valence electrons. The minimum atomic E-state index is -0.768. The van der Waals surface area contributed by atoms with E-state index in [0.29, 0.717) is 10.7 Å². The maximum Gasteiger partial charge on any atom is 0.326 e. The van der Waals surface area contributed by atoms with Crippen LogP contribution in [0.15, 0.2) is 24.3 Å². The molecule has 1 N–H and O–H groups in total. The van der Waals surface area contributed by atoms with Crippen molar-refractivity contribution >= 4 is 41.0 Å². The molecule has 1 aromatic rings. The number of esters is 1. The minimum absolute atomic E-state index is 0.264. The number of halogens is 1. The first-order valence-corrected chi connectivity index (χ1v) is 9.38. The van der Waals surface area contributed by atoms with E-state index in [0.717, 1.165) is 24.2 Å². The zero-order valence-corrected chi connectivity index (χ0v) is 15.3. The van der Waals surface area contributed by atoms with Crippen molar-refractivity contribution in [2.45, 2.75) is 19.3 Å². The molecule has 0 spiro atoms. The van der Waals surface area contributed by atoms with Crippen molar-refractivity contribution < 1.29 is 23.9 Å². The number of amides is 3. The second-order valence-electron chi connectivity index (χ2n) is 7.36. The molecule has 4 rings (SSSR count). The average molecular weight is 391 g/mol. The standard InChI is InChI=1S/C19H19ClN2O5/c20-12-3-5-13(6-4-12)21-14(23)9-27-15(24)8-22-18(25)16-10-1-2-11(7-10)17(16)19(22)26/h3-6,10-11,16-17H,1-2,7-9H2,(H,21,23)/t10-,11+,16-,17+. The third kappa shape index (κ3) is 3.32. The molecular formula is C19H19ClN2O5. The monoisotopic (exact) mass is 390 g/mol. The lowest BCUT2D eigenvalue weighted by Crippen LogP contribution is -2.38. The predicted octanol–water partition coefficient (Wildman–Crippen LogP) is 1.85. The summed E-state index contributed by atoms with van der Waals surface area (Å²) in [7, 11) is 0. The van der Waals surface area contributed by atoms with E-state index in [4.69, 9.17) is 16.3 Å². The second kappa shape index (κ2) is 6.96. The van der Waals surface area contributed by atoms with Gasteiger partial charge in [0.15, 0.2) is 6.61 Å². The maximum atomic E-state index is 12.5. The number of hydrogen-bond donors (Lipinski definition) is 1. The first-order valence-electron chi connectivity index (χ1n) is 9.00. The molecular weight excluding hydrogens is 372 g/mol. The van der Waals surface area contributed by atoms with E-state index in [2.05, 4.69) is 5.32 Å². The summed E-state index contributed by atoms with van der Waals surface area (Å²) in [5.41, 5.74) is 0.522. The molecule has 0 radical (unpaired) electrons. The fraction of sp³-hybridized carbons (Fsp3) is 0.474. The summed E-state index contributed by atoms with van der Waals surface area (Å²) >= 11 is 5.77. The van der Waals surface area contributed by atoms with Crippen LogP contribution in [0, 0.1) is 23.7 Å². The highest BCUT2D eigenvalue weighted by Crippen LogP contribution is 2.56. The molecule has 1 heterocycles. The molecule has 1 aromatic carbocycles. The van der Waals surface area contributed by atoms with Crippen molar-refractivity contribution in [3.63, 3.8) is 0 Å². The number of carbonyl (C=O) groups excluding carboxylic acids is 4. The number of carbonyl (C=O) groups is 4. The van der Waals surface area contributed by atoms with Crippen LogP contribution < -0.4 is 5.32 Å². The van der Waals surface area contributed by atoms with Crippen molar-refractivity contribution in [3.8, 4) is 0 Å². The first-order chi connectivity index (χ1) is 12.9. The van der Waals surface area contributed by atoms with Gasteiger partial charge in [-0.3, -0.25) is 24.1 Å². The van der Waals surface area contributed by atoms with Gasteiger partial charge in [0.05, 0.1) is 11.8 Å². The van der Waals surface area contributed by atoms with Gasteiger partial charge in [0.25, 0.3) is 5.91 Å². The van der Waals surface area contributed by atoms with E-state index in [1.165, 1.54) is 0 Å². The second-order valence-corrected chi connectivity index (χ2v) is 7.80. The summed E-state index contributed by atoms with van der Waals surface area (Å²) in [6.45, 7) is -0.923. The highest BCUT2D eigenvalue weighted by atomic mass is 35.5. The van der Waals surface area contributed by atoms with E-state index in [1.54, 1.807) is 24.3 Å². The SMILES string of the molecule is O=C(COC(=O)CN1C(=O)[C@@H]2[C@@H]3CC[C@@H](C3)[C@@H]2C1=O)Nc1ccc(Cl)cc1. The van der Waals surface area contributed by atoms with Gasteiger partial charge in [-0.2, -0.15) is 0 Å². The average Bonchev–Trinajstić information content (AvgIpc) is 3.32. The van der Waals surface area contributed by atoms with Gasteiger partial charge in [-0.15, -0.1) is 0 Å². The van der Waals surface area contributed by atoms with Gasteiger partial charge in [0, 0.05) is 10.7 Å². The lowest BCUT2D eigenvalue weighted by molar-refractivity contribution is -0.154. The lowest BCUT2D eigenvalue weighted by atomic mass is 9.81. The number of hydrogen-bond acceptors (Lipinski definition) is 5. The molecule has 1 aliphatic heterocycles. The van der Waals surface area contributed by atoms with Crippen LogP contribution in [0.2, 0.25) is 5.02 Å². The Hall–Kier alpha value is -2.41. The summed E-state index contributed by atoms with van der Waals surface area (Å²) in [6, 6.07) is 6.49. The topological polar surface area (TPSA) is 92.8 Å². The van der Waals surface area contributed by atoms with E-state index >= 15 is 0 Å². The van der Waals surface area contributed by atoms with E-state index in [1.807, 2.05) is 0 Å². The maximum absolute atomic E-state index is 12.5. The van der Waals surface area contributed by atoms with Gasteiger partial charge in [-0.1, -0.05) is 11.6 Å². The molecule has 7 nitrogen and oxygen atoms in total. The number of rotatable bonds is 5. The summed E-state index contributed by atoms with van der Waals surface area (Å²) in [4.78, 5) is 50.0. The smallest absolute Gasteiger partial charge is 0.326 e. The van der Waals surface area contributed by atoms with Crippen molar-refractivity contribution in [1.82, 2.24) is 4.90 Å². The van der Waals surface area contributed by atoms with Gasteiger partial charge in [-0.25, -0.2) is 0 Å². The van der Waals surface area contributed by atoms with Gasteiger partial charge in [0.2, 0.25) is 11.8 Å². The fourth-order valence-corrected chi connectivity index (χ4v) is 4.80. The Kier molecular flexibility index (Phi) is 4.63. The van der Waals surface area contributed by atoms with Gasteiger partial charge in [0.1, 0.15) is 6.54 Å². The molecule has 2 aliphatic carbocycles. The molecule has 3 aliphatic rings. The third-order valence-corrected chi connectivity index (χ3v) is 6.05. The Morgan fingerprint density at radius 3 is 2.26 bits per heavy atom. The Morgan fingerprint density at radius 2 is 1.67 bits per heavy atom. The van der Waals surface area contributed by atoms with Crippen LogP contribution >= 0.6 is 11.6 Å². The van der Waals surface area contributed by atoms with Crippen LogP contribution in [0.4, 0.5) is 5.69 Å². The first kappa shape index (κ1) is 18.0. The quantitative estimate of drug-likeness (QED) is 0.611. The summed E-state index contributed by atoms with van der Waals surface area (Å²) in [5.74, 6) is -1.81. The Bertz CT molecular complexity index is 781. The molecule has 2 saturated carbocycles. The number of fused-ring (bicyclic) bond motifs is 5. The van der Waals surface area contributed by atoms with Gasteiger partial charge >= 0.3 is 5.97 Å². The molecule has 8 heteroatoms. The number of nitrogens with zero attached hydrogens (tertiary/aromatic N) is 1. The van der Waals surface area contributed by atoms with Crippen LogP contribution in [0.25, 0.3) is 0 Å². The molecule has 3 fully saturated rings. The van der Waals surface area contributed by atoms with Crippen LogP contribution in [-0.2, 0) is 23.9 Å². The van der Waals surface area contributed by atoms with Crippen molar-refractivity contribution in [2.75, 3.05) is 18.5 Å². The van der Waals surface area contributed by atoms with Crippen LogP contribution in [0.1, 0.15) is 19.3 Å². The van der Waals surface area contributed by atoms with E-state index < -0.39 is 25.0 Å². The predicted molar refractivity (Wildman–Crippen MR) is 95.6 cm³/mol. The molecule has 3 amide bonds. The third-order valence-electron chi connectivity index (χ3n) is 5.80. The number of imide groups is 1. The van der Waals surface area contributed by atoms with E-state index in [-0.39, 0.29) is 35.5 Å². The Balaban J connectivity index is 1.28. The normalized spacial score (nSPS) is 28.4. The molecule has 2 bridgehead atoms. The van der Waals surface area contributed by atoms with Crippen LogP contribution in [-0.4, -0.2) is 41.7 Å². The lowest BCUT2D eigenvalue weighted by Gasteiger charge is -2.19. The molecule has 0 unspecified atom stereocenters. The summed E-state index contributed by atoms with van der Waals surface area (Å²) in [5, 5.41) is 3.11. The zero-order chi connectivity index (χ0) is 19.1. The Labute approximate surface area is 161 Å². The number of ether oxygens (including phenoxy) is 1. The van der Waals surface area contributed by atoms with Crippen molar-refractivity contribution in [3.05, 3.63) is 29.3 Å². The number of likely N-dealkylation sites (tertiary alicyclic amines) is 1. The molecule has 0 aromatic heterocycles.